The summed E-state index contributed by atoms with van der Waals surface area (Å²) in [5.41, 5.74) is -0.0824. The van der Waals surface area contributed by atoms with Gasteiger partial charge >= 0.3 is 23.8 Å². The second-order valence-electron chi connectivity index (χ2n) is 6.53. The molecule has 29 heavy (non-hydrogen) atoms. The van der Waals surface area contributed by atoms with Gasteiger partial charge in [0.25, 0.3) is 0 Å². The lowest BCUT2D eigenvalue weighted by Gasteiger charge is -2.26. The standard InChI is InChI=1S/C20H20N2O6S/c1-27-18(25)15-14(8-11-29-15)21-16(23)17(24)22-10-9-20(12-22,19(26)28-2)13-6-4-3-5-7-13/h3-8,11H,9-10,12H2,1-2H3,(H,21,23). The molecule has 152 valence electrons. The highest BCUT2D eigenvalue weighted by atomic mass is 32.1. The smallest absolute Gasteiger partial charge is 0.350 e. The second-order valence-corrected chi connectivity index (χ2v) is 7.44. The Balaban J connectivity index is 1.77. The molecule has 0 radical (unpaired) electrons. The summed E-state index contributed by atoms with van der Waals surface area (Å²) < 4.78 is 9.66. The van der Waals surface area contributed by atoms with Crippen molar-refractivity contribution in [2.75, 3.05) is 32.6 Å². The Labute approximate surface area is 171 Å². The summed E-state index contributed by atoms with van der Waals surface area (Å²) in [6.45, 7) is 0.257. The zero-order chi connectivity index (χ0) is 21.0. The molecule has 1 unspecified atom stereocenters. The molecule has 3 rings (SSSR count). The molecule has 2 heterocycles. The molecule has 0 spiro atoms. The second kappa shape index (κ2) is 8.44. The number of hydrogen-bond donors (Lipinski definition) is 1. The van der Waals surface area contributed by atoms with Crippen LogP contribution in [0.25, 0.3) is 0 Å². The van der Waals surface area contributed by atoms with Gasteiger partial charge in [-0.05, 0) is 23.4 Å². The molecule has 8 nitrogen and oxygen atoms in total. The van der Waals surface area contributed by atoms with Crippen LogP contribution in [-0.2, 0) is 29.3 Å². The Morgan fingerprint density at radius 1 is 1.07 bits per heavy atom. The van der Waals surface area contributed by atoms with Gasteiger partial charge in [-0.2, -0.15) is 0 Å². The third-order valence-electron chi connectivity index (χ3n) is 4.94. The fraction of sp³-hybridized carbons (Fsp3) is 0.300. The molecule has 1 aliphatic heterocycles. The van der Waals surface area contributed by atoms with Crippen molar-refractivity contribution in [2.24, 2.45) is 0 Å². The maximum atomic E-state index is 12.7. The lowest BCUT2D eigenvalue weighted by Crippen LogP contribution is -2.44. The van der Waals surface area contributed by atoms with E-state index in [1.807, 2.05) is 18.2 Å². The van der Waals surface area contributed by atoms with Crippen molar-refractivity contribution in [1.82, 2.24) is 4.90 Å². The van der Waals surface area contributed by atoms with E-state index in [0.29, 0.717) is 6.42 Å². The molecule has 0 aliphatic carbocycles. The Kier molecular flexibility index (Phi) is 5.97. The van der Waals surface area contributed by atoms with Crippen molar-refractivity contribution >= 4 is 40.8 Å². The topological polar surface area (TPSA) is 102 Å². The van der Waals surface area contributed by atoms with E-state index < -0.39 is 29.2 Å². The number of carbonyl (C=O) groups excluding carboxylic acids is 4. The summed E-state index contributed by atoms with van der Waals surface area (Å²) in [5.74, 6) is -2.72. The number of nitrogens with zero attached hydrogens (tertiary/aromatic N) is 1. The van der Waals surface area contributed by atoms with Gasteiger partial charge in [0.1, 0.15) is 10.3 Å². The molecule has 1 fully saturated rings. The number of hydrogen-bond acceptors (Lipinski definition) is 7. The van der Waals surface area contributed by atoms with Gasteiger partial charge in [-0.3, -0.25) is 14.4 Å². The number of amides is 2. The van der Waals surface area contributed by atoms with Gasteiger partial charge in [-0.25, -0.2) is 4.79 Å². The minimum Gasteiger partial charge on any atom is -0.468 e. The summed E-state index contributed by atoms with van der Waals surface area (Å²) >= 11 is 1.10. The first-order chi connectivity index (χ1) is 13.9. The van der Waals surface area contributed by atoms with Crippen LogP contribution in [0.2, 0.25) is 0 Å². The summed E-state index contributed by atoms with van der Waals surface area (Å²) in [5, 5.41) is 4.07. The number of rotatable bonds is 4. The number of thiophene rings is 1. The molecule has 1 N–H and O–H groups in total. The van der Waals surface area contributed by atoms with E-state index in [1.165, 1.54) is 25.2 Å². The van der Waals surface area contributed by atoms with Gasteiger partial charge in [0.2, 0.25) is 0 Å². The van der Waals surface area contributed by atoms with Crippen LogP contribution in [0, 0.1) is 0 Å². The molecule has 1 aromatic carbocycles. The van der Waals surface area contributed by atoms with Gasteiger partial charge in [0, 0.05) is 13.1 Å². The van der Waals surface area contributed by atoms with Gasteiger partial charge in [0.15, 0.2) is 0 Å². The van der Waals surface area contributed by atoms with Crippen molar-refractivity contribution in [3.63, 3.8) is 0 Å². The average Bonchev–Trinajstić information content (AvgIpc) is 3.41. The van der Waals surface area contributed by atoms with Crippen LogP contribution < -0.4 is 5.32 Å². The van der Waals surface area contributed by atoms with E-state index >= 15 is 0 Å². The molecule has 1 aromatic heterocycles. The van der Waals surface area contributed by atoms with Crippen LogP contribution >= 0.6 is 11.3 Å². The van der Waals surface area contributed by atoms with Crippen LogP contribution in [0.15, 0.2) is 41.8 Å². The highest BCUT2D eigenvalue weighted by molar-refractivity contribution is 7.12. The number of anilines is 1. The Morgan fingerprint density at radius 3 is 2.45 bits per heavy atom. The van der Waals surface area contributed by atoms with Crippen LogP contribution in [0.3, 0.4) is 0 Å². The van der Waals surface area contributed by atoms with Crippen LogP contribution in [-0.4, -0.2) is 56.0 Å². The quantitative estimate of drug-likeness (QED) is 0.603. The molecule has 1 atom stereocenters. The van der Waals surface area contributed by atoms with Crippen molar-refractivity contribution in [3.8, 4) is 0 Å². The minimum atomic E-state index is -1.02. The normalized spacial score (nSPS) is 18.2. The highest BCUT2D eigenvalue weighted by Gasteiger charge is 2.49. The molecule has 1 aliphatic rings. The average molecular weight is 416 g/mol. The van der Waals surface area contributed by atoms with Gasteiger partial charge < -0.3 is 19.7 Å². The van der Waals surface area contributed by atoms with Crippen LogP contribution in [0.4, 0.5) is 5.69 Å². The Hall–Kier alpha value is -3.20. The van der Waals surface area contributed by atoms with Gasteiger partial charge in [-0.15, -0.1) is 11.3 Å². The number of nitrogens with one attached hydrogen (secondary N) is 1. The monoisotopic (exact) mass is 416 g/mol. The van der Waals surface area contributed by atoms with E-state index in [2.05, 4.69) is 10.1 Å². The number of carbonyl (C=O) groups is 4. The number of ether oxygens (including phenoxy) is 2. The maximum Gasteiger partial charge on any atom is 0.350 e. The fourth-order valence-corrected chi connectivity index (χ4v) is 4.20. The Bertz CT molecular complexity index is 941. The van der Waals surface area contributed by atoms with Crippen LogP contribution in [0.1, 0.15) is 21.7 Å². The number of methoxy groups -OCH3 is 2. The number of benzene rings is 1. The van der Waals surface area contributed by atoms with E-state index in [0.717, 1.165) is 16.9 Å². The molecule has 0 bridgehead atoms. The zero-order valence-corrected chi connectivity index (χ0v) is 16.8. The summed E-state index contributed by atoms with van der Waals surface area (Å²) in [4.78, 5) is 51.0. The number of likely N-dealkylation sites (tertiary alicyclic amines) is 1. The molecule has 1 saturated heterocycles. The van der Waals surface area contributed by atoms with E-state index in [1.54, 1.807) is 17.5 Å². The van der Waals surface area contributed by atoms with Crippen LogP contribution in [0.5, 0.6) is 0 Å². The molecule has 2 aromatic rings. The number of esters is 2. The lowest BCUT2D eigenvalue weighted by molar-refractivity contribution is -0.148. The van der Waals surface area contributed by atoms with Crippen molar-refractivity contribution in [3.05, 3.63) is 52.2 Å². The van der Waals surface area contributed by atoms with Crippen molar-refractivity contribution in [1.29, 1.82) is 0 Å². The maximum absolute atomic E-state index is 12.7. The predicted octanol–water partition coefficient (Wildman–Crippen LogP) is 1.82. The predicted molar refractivity (Wildman–Crippen MR) is 106 cm³/mol. The zero-order valence-electron chi connectivity index (χ0n) is 16.0. The molecule has 9 heteroatoms. The highest BCUT2D eigenvalue weighted by Crippen LogP contribution is 2.36. The van der Waals surface area contributed by atoms with Crippen molar-refractivity contribution in [2.45, 2.75) is 11.8 Å². The SMILES string of the molecule is COC(=O)c1sccc1NC(=O)C(=O)N1CCC(C(=O)OC)(c2ccccc2)C1. The van der Waals surface area contributed by atoms with Gasteiger partial charge in [-0.1, -0.05) is 30.3 Å². The molecule has 0 saturated carbocycles. The van der Waals surface area contributed by atoms with E-state index in [4.69, 9.17) is 4.74 Å². The van der Waals surface area contributed by atoms with Crippen molar-refractivity contribution < 1.29 is 28.7 Å². The Morgan fingerprint density at radius 2 is 1.79 bits per heavy atom. The molecular weight excluding hydrogens is 396 g/mol. The lowest BCUT2D eigenvalue weighted by atomic mass is 9.79. The first kappa shape index (κ1) is 20.5. The summed E-state index contributed by atoms with van der Waals surface area (Å²) in [6, 6.07) is 10.6. The summed E-state index contributed by atoms with van der Waals surface area (Å²) in [7, 11) is 2.54. The summed E-state index contributed by atoms with van der Waals surface area (Å²) in [6.07, 6.45) is 0.342. The molecular formula is C20H20N2O6S. The van der Waals surface area contributed by atoms with E-state index in [-0.39, 0.29) is 23.7 Å². The van der Waals surface area contributed by atoms with E-state index in [9.17, 15) is 19.2 Å². The van der Waals surface area contributed by atoms with Gasteiger partial charge in [0.05, 0.1) is 19.9 Å². The third-order valence-corrected chi connectivity index (χ3v) is 5.83. The first-order valence-electron chi connectivity index (χ1n) is 8.83. The largest absolute Gasteiger partial charge is 0.468 e. The minimum absolute atomic E-state index is 0.0312. The molecule has 2 amide bonds. The fourth-order valence-electron chi connectivity index (χ4n) is 3.43. The first-order valence-corrected chi connectivity index (χ1v) is 9.71. The third kappa shape index (κ3) is 3.86.